The van der Waals surface area contributed by atoms with Crippen LogP contribution in [0.1, 0.15) is 5.56 Å². The van der Waals surface area contributed by atoms with E-state index in [0.717, 1.165) is 30.3 Å². The topological polar surface area (TPSA) is 41.1 Å². The first-order valence-corrected chi connectivity index (χ1v) is 6.34. The molecule has 0 aliphatic heterocycles. The molecule has 0 unspecified atom stereocenters. The molecule has 22 heavy (non-hydrogen) atoms. The van der Waals surface area contributed by atoms with E-state index in [1.165, 1.54) is 12.1 Å². The van der Waals surface area contributed by atoms with Gasteiger partial charge in [-0.3, -0.25) is 0 Å². The zero-order valence-electron chi connectivity index (χ0n) is 10.8. The first kappa shape index (κ1) is 16.1. The fraction of sp³-hybridized carbons (Fsp3) is 0.0714. The van der Waals surface area contributed by atoms with Crippen LogP contribution in [0.3, 0.4) is 0 Å². The van der Waals surface area contributed by atoms with E-state index >= 15 is 0 Å². The van der Waals surface area contributed by atoms with Crippen LogP contribution in [0, 0.1) is 5.82 Å². The summed E-state index contributed by atoms with van der Waals surface area (Å²) in [7, 11) is 0. The van der Waals surface area contributed by atoms with Crippen molar-refractivity contribution >= 4 is 29.0 Å². The minimum Gasteiger partial charge on any atom is -0.308 e. The van der Waals surface area contributed by atoms with E-state index in [1.54, 1.807) is 0 Å². The van der Waals surface area contributed by atoms with Crippen molar-refractivity contribution in [2.45, 2.75) is 6.18 Å². The SMILES string of the molecule is O=C(Nc1ccc(F)cc1)Nc1cc(C(F)(F)F)ccc1Cl. The van der Waals surface area contributed by atoms with Gasteiger partial charge in [-0.25, -0.2) is 9.18 Å². The minimum absolute atomic E-state index is 0.0396. The highest BCUT2D eigenvalue weighted by Crippen LogP contribution is 2.33. The Bertz CT molecular complexity index is 686. The Morgan fingerprint density at radius 3 is 2.23 bits per heavy atom. The second-order valence-electron chi connectivity index (χ2n) is 4.28. The summed E-state index contributed by atoms with van der Waals surface area (Å²) in [5, 5.41) is 4.52. The third kappa shape index (κ3) is 4.11. The number of rotatable bonds is 2. The monoisotopic (exact) mass is 332 g/mol. The summed E-state index contributed by atoms with van der Waals surface area (Å²) in [6.07, 6.45) is -4.55. The lowest BCUT2D eigenvalue weighted by Crippen LogP contribution is -2.20. The summed E-state index contributed by atoms with van der Waals surface area (Å²) in [4.78, 5) is 11.7. The Morgan fingerprint density at radius 2 is 1.64 bits per heavy atom. The lowest BCUT2D eigenvalue weighted by atomic mass is 10.2. The molecule has 0 heterocycles. The molecule has 116 valence electrons. The molecule has 2 aromatic carbocycles. The second-order valence-corrected chi connectivity index (χ2v) is 4.69. The highest BCUT2D eigenvalue weighted by atomic mass is 35.5. The molecular formula is C14H9ClF4N2O. The second kappa shape index (κ2) is 6.23. The molecule has 2 N–H and O–H groups in total. The van der Waals surface area contributed by atoms with E-state index in [1.807, 2.05) is 0 Å². The third-order valence-corrected chi connectivity index (χ3v) is 2.97. The van der Waals surface area contributed by atoms with Gasteiger partial charge in [0, 0.05) is 5.69 Å². The molecular weight excluding hydrogens is 324 g/mol. The molecule has 0 aromatic heterocycles. The first-order chi connectivity index (χ1) is 10.3. The van der Waals surface area contributed by atoms with Gasteiger partial charge < -0.3 is 10.6 Å². The molecule has 0 radical (unpaired) electrons. The number of anilines is 2. The van der Waals surface area contributed by atoms with Crippen LogP contribution in [-0.4, -0.2) is 6.03 Å². The largest absolute Gasteiger partial charge is 0.416 e. The summed E-state index contributed by atoms with van der Waals surface area (Å²) in [5.74, 6) is -0.480. The van der Waals surface area contributed by atoms with E-state index in [-0.39, 0.29) is 16.4 Å². The highest BCUT2D eigenvalue weighted by molar-refractivity contribution is 6.33. The van der Waals surface area contributed by atoms with Gasteiger partial charge >= 0.3 is 12.2 Å². The van der Waals surface area contributed by atoms with Crippen LogP contribution in [0.15, 0.2) is 42.5 Å². The van der Waals surface area contributed by atoms with Gasteiger partial charge in [0.15, 0.2) is 0 Å². The molecule has 0 fully saturated rings. The molecule has 0 saturated heterocycles. The molecule has 2 amide bonds. The average Bonchev–Trinajstić information content (AvgIpc) is 2.42. The Labute approximate surface area is 127 Å². The molecule has 0 atom stereocenters. The van der Waals surface area contributed by atoms with Crippen molar-refractivity contribution in [1.82, 2.24) is 0 Å². The lowest BCUT2D eigenvalue weighted by molar-refractivity contribution is -0.137. The molecule has 0 aliphatic rings. The van der Waals surface area contributed by atoms with E-state index in [9.17, 15) is 22.4 Å². The van der Waals surface area contributed by atoms with Gasteiger partial charge in [0.1, 0.15) is 5.82 Å². The van der Waals surface area contributed by atoms with Gasteiger partial charge in [-0.05, 0) is 42.5 Å². The lowest BCUT2D eigenvalue weighted by Gasteiger charge is -2.12. The van der Waals surface area contributed by atoms with Crippen molar-refractivity contribution in [3.63, 3.8) is 0 Å². The third-order valence-electron chi connectivity index (χ3n) is 2.64. The molecule has 8 heteroatoms. The van der Waals surface area contributed by atoms with Gasteiger partial charge in [0.2, 0.25) is 0 Å². The highest BCUT2D eigenvalue weighted by Gasteiger charge is 2.31. The summed E-state index contributed by atoms with van der Waals surface area (Å²) in [6.45, 7) is 0. The van der Waals surface area contributed by atoms with Crippen molar-refractivity contribution in [3.8, 4) is 0 Å². The molecule has 3 nitrogen and oxygen atoms in total. The zero-order chi connectivity index (χ0) is 16.3. The van der Waals surface area contributed by atoms with E-state index in [4.69, 9.17) is 11.6 Å². The maximum Gasteiger partial charge on any atom is 0.416 e. The number of nitrogens with one attached hydrogen (secondary N) is 2. The standard InChI is InChI=1S/C14H9ClF4N2O/c15-11-6-1-8(14(17,18)19)7-12(11)21-13(22)20-10-4-2-9(16)3-5-10/h1-7H,(H2,20,21,22). The van der Waals surface area contributed by atoms with E-state index in [2.05, 4.69) is 10.6 Å². The maximum atomic E-state index is 12.7. The van der Waals surface area contributed by atoms with Crippen LogP contribution in [0.4, 0.5) is 33.7 Å². The summed E-state index contributed by atoms with van der Waals surface area (Å²) < 4.78 is 50.6. The van der Waals surface area contributed by atoms with Crippen LogP contribution >= 0.6 is 11.6 Å². The number of amides is 2. The van der Waals surface area contributed by atoms with Crippen LogP contribution in [0.25, 0.3) is 0 Å². The van der Waals surface area contributed by atoms with Gasteiger partial charge in [-0.15, -0.1) is 0 Å². The van der Waals surface area contributed by atoms with Gasteiger partial charge in [-0.1, -0.05) is 11.6 Å². The van der Waals surface area contributed by atoms with Crippen molar-refractivity contribution in [1.29, 1.82) is 0 Å². The molecule has 0 aliphatic carbocycles. The van der Waals surface area contributed by atoms with Gasteiger partial charge in [0.25, 0.3) is 0 Å². The summed E-state index contributed by atoms with van der Waals surface area (Å²) >= 11 is 5.75. The number of carbonyl (C=O) groups is 1. The van der Waals surface area contributed by atoms with Crippen LogP contribution in [0.5, 0.6) is 0 Å². The van der Waals surface area contributed by atoms with Crippen molar-refractivity contribution < 1.29 is 22.4 Å². The quantitative estimate of drug-likeness (QED) is 0.734. The van der Waals surface area contributed by atoms with Crippen LogP contribution in [-0.2, 0) is 6.18 Å². The fourth-order valence-electron chi connectivity index (χ4n) is 1.62. The Morgan fingerprint density at radius 1 is 1.00 bits per heavy atom. The first-order valence-electron chi connectivity index (χ1n) is 5.96. The number of benzene rings is 2. The molecule has 0 saturated carbocycles. The number of hydrogen-bond donors (Lipinski definition) is 2. The smallest absolute Gasteiger partial charge is 0.308 e. The molecule has 0 bridgehead atoms. The van der Waals surface area contributed by atoms with Gasteiger partial charge in [0.05, 0.1) is 16.3 Å². The predicted molar refractivity (Wildman–Crippen MR) is 75.5 cm³/mol. The van der Waals surface area contributed by atoms with Crippen molar-refractivity contribution in [2.24, 2.45) is 0 Å². The van der Waals surface area contributed by atoms with E-state index < -0.39 is 23.6 Å². The summed E-state index contributed by atoms with van der Waals surface area (Å²) in [5.41, 5.74) is -0.841. The van der Waals surface area contributed by atoms with Crippen LogP contribution < -0.4 is 10.6 Å². The fourth-order valence-corrected chi connectivity index (χ4v) is 1.78. The van der Waals surface area contributed by atoms with Crippen molar-refractivity contribution in [2.75, 3.05) is 10.6 Å². The number of alkyl halides is 3. The normalized spacial score (nSPS) is 11.1. The predicted octanol–water partition coefficient (Wildman–Crippen LogP) is 5.14. The molecule has 2 aromatic rings. The number of hydrogen-bond acceptors (Lipinski definition) is 1. The van der Waals surface area contributed by atoms with E-state index in [0.29, 0.717) is 0 Å². The minimum atomic E-state index is -4.55. The molecule has 0 spiro atoms. The Balaban J connectivity index is 2.12. The van der Waals surface area contributed by atoms with Crippen LogP contribution in [0.2, 0.25) is 5.02 Å². The zero-order valence-corrected chi connectivity index (χ0v) is 11.6. The number of urea groups is 1. The number of carbonyl (C=O) groups excluding carboxylic acids is 1. The Kier molecular flexibility index (Phi) is 4.56. The number of halogens is 5. The Hall–Kier alpha value is -2.28. The molecule has 2 rings (SSSR count). The summed E-state index contributed by atoms with van der Waals surface area (Å²) in [6, 6.07) is 6.66. The maximum absolute atomic E-state index is 12.7. The van der Waals surface area contributed by atoms with Crippen molar-refractivity contribution in [3.05, 3.63) is 58.9 Å². The average molecular weight is 333 g/mol. The van der Waals surface area contributed by atoms with Gasteiger partial charge in [-0.2, -0.15) is 13.2 Å².